The first-order chi connectivity index (χ1) is 6.17. The average Bonchev–Trinajstić information content (AvgIpc) is 2.31. The van der Waals surface area contributed by atoms with Crippen LogP contribution in [0, 0.1) is 5.41 Å². The highest BCUT2D eigenvalue weighted by Crippen LogP contribution is 2.29. The molecule has 0 aromatic carbocycles. The summed E-state index contributed by atoms with van der Waals surface area (Å²) in [4.78, 5) is 0. The topological polar surface area (TPSA) is 18.5 Å². The molecule has 1 heterocycles. The largest absolute Gasteiger partial charge is 0.348 e. The van der Waals surface area contributed by atoms with Gasteiger partial charge in [0.25, 0.3) is 0 Å². The molecule has 0 fully saturated rings. The zero-order valence-corrected chi connectivity index (χ0v) is 8.45. The van der Waals surface area contributed by atoms with Gasteiger partial charge in [0.2, 0.25) is 0 Å². The first-order valence-corrected chi connectivity index (χ1v) is 4.66. The predicted molar refractivity (Wildman–Crippen MR) is 53.4 cm³/mol. The minimum absolute atomic E-state index is 0.00771. The second-order valence-corrected chi connectivity index (χ2v) is 3.95. The van der Waals surface area contributed by atoms with Crippen LogP contribution < -0.4 is 0 Å². The van der Waals surface area contributed by atoms with Gasteiger partial charge in [-0.05, 0) is 6.42 Å². The monoisotopic (exact) mass is 182 g/mol. The van der Waals surface area contributed by atoms with Gasteiger partial charge in [0.15, 0.2) is 6.29 Å². The van der Waals surface area contributed by atoms with E-state index in [0.717, 1.165) is 6.42 Å². The molecule has 0 spiro atoms. The maximum atomic E-state index is 5.56. The maximum Gasteiger partial charge on any atom is 0.163 e. The third-order valence-corrected chi connectivity index (χ3v) is 2.16. The molecule has 1 aliphatic heterocycles. The van der Waals surface area contributed by atoms with E-state index in [1.807, 2.05) is 18.2 Å². The van der Waals surface area contributed by atoms with E-state index in [1.165, 1.54) is 0 Å². The van der Waals surface area contributed by atoms with Crippen LogP contribution in [-0.4, -0.2) is 19.5 Å². The molecule has 0 aromatic heterocycles. The third kappa shape index (κ3) is 2.98. The summed E-state index contributed by atoms with van der Waals surface area (Å²) in [6.07, 6.45) is 6.66. The van der Waals surface area contributed by atoms with Crippen LogP contribution in [0.3, 0.4) is 0 Å². The van der Waals surface area contributed by atoms with E-state index < -0.39 is 0 Å². The number of allylic oxidation sites excluding steroid dienone is 1. The van der Waals surface area contributed by atoms with Crippen LogP contribution in [0.25, 0.3) is 0 Å². The lowest BCUT2D eigenvalue weighted by molar-refractivity contribution is -0.182. The van der Waals surface area contributed by atoms with E-state index in [0.29, 0.717) is 13.2 Å². The van der Waals surface area contributed by atoms with E-state index in [9.17, 15) is 0 Å². The Bertz CT molecular complexity index is 184. The van der Waals surface area contributed by atoms with Crippen molar-refractivity contribution in [3.05, 3.63) is 24.8 Å². The van der Waals surface area contributed by atoms with Gasteiger partial charge in [0.1, 0.15) is 0 Å². The van der Waals surface area contributed by atoms with Crippen molar-refractivity contribution in [2.24, 2.45) is 5.41 Å². The van der Waals surface area contributed by atoms with Crippen molar-refractivity contribution in [1.82, 2.24) is 0 Å². The van der Waals surface area contributed by atoms with Gasteiger partial charge in [-0.3, -0.25) is 0 Å². The summed E-state index contributed by atoms with van der Waals surface area (Å²) in [7, 11) is 0. The minimum Gasteiger partial charge on any atom is -0.348 e. The Balaban J connectivity index is 2.53. The first kappa shape index (κ1) is 10.5. The lowest BCUT2D eigenvalue weighted by Crippen LogP contribution is -2.33. The summed E-state index contributed by atoms with van der Waals surface area (Å²) in [5.74, 6) is 0. The molecule has 0 aliphatic carbocycles. The summed E-state index contributed by atoms with van der Waals surface area (Å²) < 4.78 is 11.1. The van der Waals surface area contributed by atoms with Crippen molar-refractivity contribution in [2.45, 2.75) is 26.6 Å². The fourth-order valence-corrected chi connectivity index (χ4v) is 1.39. The van der Waals surface area contributed by atoms with Crippen LogP contribution in [-0.2, 0) is 9.47 Å². The molecule has 0 atom stereocenters. The summed E-state index contributed by atoms with van der Waals surface area (Å²) >= 11 is 0. The van der Waals surface area contributed by atoms with Crippen molar-refractivity contribution in [3.8, 4) is 0 Å². The summed E-state index contributed by atoms with van der Waals surface area (Å²) in [5, 5.41) is 0. The van der Waals surface area contributed by atoms with Crippen molar-refractivity contribution < 1.29 is 9.47 Å². The second-order valence-electron chi connectivity index (χ2n) is 3.95. The Morgan fingerprint density at radius 1 is 1.38 bits per heavy atom. The van der Waals surface area contributed by atoms with Crippen LogP contribution in [0.15, 0.2) is 24.8 Å². The van der Waals surface area contributed by atoms with Crippen LogP contribution in [0.2, 0.25) is 0 Å². The van der Waals surface area contributed by atoms with E-state index in [4.69, 9.17) is 9.47 Å². The maximum absolute atomic E-state index is 5.56. The molecule has 2 nitrogen and oxygen atoms in total. The normalized spacial score (nSPS) is 19.8. The van der Waals surface area contributed by atoms with Crippen molar-refractivity contribution >= 4 is 0 Å². The second kappa shape index (κ2) is 4.58. The Morgan fingerprint density at radius 3 is 2.38 bits per heavy atom. The Kier molecular flexibility index (Phi) is 3.70. The molecule has 0 saturated carbocycles. The van der Waals surface area contributed by atoms with Gasteiger partial charge >= 0.3 is 0 Å². The van der Waals surface area contributed by atoms with Gasteiger partial charge < -0.3 is 9.47 Å². The van der Waals surface area contributed by atoms with Gasteiger partial charge in [0.05, 0.1) is 13.2 Å². The molecule has 0 N–H and O–H groups in total. The fraction of sp³-hybridized carbons (Fsp3) is 0.636. The third-order valence-electron chi connectivity index (χ3n) is 2.16. The zero-order chi connectivity index (χ0) is 9.73. The molecule has 1 rings (SSSR count). The Hall–Kier alpha value is -0.600. The number of rotatable bonds is 3. The van der Waals surface area contributed by atoms with Crippen molar-refractivity contribution in [3.63, 3.8) is 0 Å². The molecule has 0 bridgehead atoms. The SMILES string of the molecule is C=CCC(C)(C)C1OCC=CCO1. The fourth-order valence-electron chi connectivity index (χ4n) is 1.39. The van der Waals surface area contributed by atoms with Crippen molar-refractivity contribution in [2.75, 3.05) is 13.2 Å². The molecule has 0 saturated heterocycles. The van der Waals surface area contributed by atoms with E-state index >= 15 is 0 Å². The smallest absolute Gasteiger partial charge is 0.163 e. The molecule has 0 aromatic rings. The molecule has 0 amide bonds. The summed E-state index contributed by atoms with van der Waals surface area (Å²) in [5.41, 5.74) is 0.00771. The highest BCUT2D eigenvalue weighted by Gasteiger charge is 2.30. The Labute approximate surface area is 80.2 Å². The average molecular weight is 182 g/mol. The number of ether oxygens (including phenoxy) is 2. The highest BCUT2D eigenvalue weighted by molar-refractivity contribution is 4.88. The minimum atomic E-state index is -0.125. The van der Waals surface area contributed by atoms with Crippen molar-refractivity contribution in [1.29, 1.82) is 0 Å². The van der Waals surface area contributed by atoms with Crippen LogP contribution >= 0.6 is 0 Å². The van der Waals surface area contributed by atoms with E-state index in [1.54, 1.807) is 0 Å². The summed E-state index contributed by atoms with van der Waals surface area (Å²) in [6, 6.07) is 0. The molecule has 13 heavy (non-hydrogen) atoms. The first-order valence-electron chi connectivity index (χ1n) is 4.66. The van der Waals surface area contributed by atoms with E-state index in [-0.39, 0.29) is 11.7 Å². The highest BCUT2D eigenvalue weighted by atomic mass is 16.7. The Morgan fingerprint density at radius 2 is 1.92 bits per heavy atom. The number of hydrogen-bond acceptors (Lipinski definition) is 2. The predicted octanol–water partition coefficient (Wildman–Crippen LogP) is 2.52. The molecule has 2 heteroatoms. The lowest BCUT2D eigenvalue weighted by atomic mass is 9.88. The standard InChI is InChI=1S/C11H18O2/c1-4-7-11(2,3)10-12-8-5-6-9-13-10/h4-6,10H,1,7-9H2,2-3H3. The van der Waals surface area contributed by atoms with Gasteiger partial charge in [-0.2, -0.15) is 0 Å². The quantitative estimate of drug-likeness (QED) is 0.624. The van der Waals surface area contributed by atoms with Gasteiger partial charge in [-0.25, -0.2) is 0 Å². The van der Waals surface area contributed by atoms with Gasteiger partial charge in [0, 0.05) is 5.41 Å². The molecule has 0 radical (unpaired) electrons. The molecule has 1 aliphatic rings. The van der Waals surface area contributed by atoms with Crippen LogP contribution in [0.4, 0.5) is 0 Å². The van der Waals surface area contributed by atoms with Gasteiger partial charge in [-0.1, -0.05) is 32.1 Å². The molecular weight excluding hydrogens is 164 g/mol. The van der Waals surface area contributed by atoms with E-state index in [2.05, 4.69) is 20.4 Å². The molecule has 74 valence electrons. The van der Waals surface area contributed by atoms with Gasteiger partial charge in [-0.15, -0.1) is 6.58 Å². The summed E-state index contributed by atoms with van der Waals surface area (Å²) in [6.45, 7) is 9.28. The lowest BCUT2D eigenvalue weighted by Gasteiger charge is -2.31. The molecular formula is C11H18O2. The van der Waals surface area contributed by atoms with Crippen LogP contribution in [0.1, 0.15) is 20.3 Å². The molecule has 0 unspecified atom stereocenters. The zero-order valence-electron chi connectivity index (χ0n) is 8.45. The van der Waals surface area contributed by atoms with Crippen LogP contribution in [0.5, 0.6) is 0 Å². The number of hydrogen-bond donors (Lipinski definition) is 0.